The summed E-state index contributed by atoms with van der Waals surface area (Å²) in [7, 11) is -1.20. The maximum Gasteiger partial charge on any atom is 0.271 e. The Morgan fingerprint density at radius 3 is 2.42 bits per heavy atom. The van der Waals surface area contributed by atoms with Gasteiger partial charge in [-0.3, -0.25) is 4.55 Å². The van der Waals surface area contributed by atoms with E-state index < -0.39 is 14.9 Å². The molecular formula is C22H22ClNO6S. The third kappa shape index (κ3) is 2.81. The molecule has 7 nitrogen and oxygen atoms in total. The van der Waals surface area contributed by atoms with E-state index in [1.807, 2.05) is 6.07 Å². The first-order valence-corrected chi connectivity index (χ1v) is 11.9. The van der Waals surface area contributed by atoms with E-state index in [0.717, 1.165) is 34.7 Å². The van der Waals surface area contributed by atoms with Crippen LogP contribution in [0.5, 0.6) is 17.2 Å². The number of aromatic nitrogens is 1. The predicted octanol–water partition coefficient (Wildman–Crippen LogP) is 4.29. The SMILES string of the molecule is COc1cc2c3c(c4nc(Cl)c(O)cc4c2cc1OC)CC1CCCC1(S(=O)(=O)O)C3. The molecule has 0 amide bonds. The van der Waals surface area contributed by atoms with E-state index in [2.05, 4.69) is 4.98 Å². The highest BCUT2D eigenvalue weighted by atomic mass is 35.5. The molecule has 2 aliphatic carbocycles. The molecule has 0 bridgehead atoms. The molecule has 2 N–H and O–H groups in total. The average Bonchev–Trinajstić information content (AvgIpc) is 3.17. The summed E-state index contributed by atoms with van der Waals surface area (Å²) in [5, 5.41) is 12.5. The van der Waals surface area contributed by atoms with Crippen molar-refractivity contribution in [3.8, 4) is 17.2 Å². The summed E-state index contributed by atoms with van der Waals surface area (Å²) in [6.07, 6.45) is 2.53. The summed E-state index contributed by atoms with van der Waals surface area (Å²) in [6.45, 7) is 0. The van der Waals surface area contributed by atoms with Gasteiger partial charge in [0.05, 0.1) is 19.7 Å². The quantitative estimate of drug-likeness (QED) is 0.339. The van der Waals surface area contributed by atoms with Gasteiger partial charge in [-0.1, -0.05) is 18.0 Å². The third-order valence-electron chi connectivity index (χ3n) is 7.08. The number of nitrogens with zero attached hydrogens (tertiary/aromatic N) is 1. The van der Waals surface area contributed by atoms with Gasteiger partial charge in [0.25, 0.3) is 10.1 Å². The van der Waals surface area contributed by atoms with Crippen LogP contribution in [0.1, 0.15) is 30.4 Å². The summed E-state index contributed by atoms with van der Waals surface area (Å²) in [4.78, 5) is 4.47. The molecule has 31 heavy (non-hydrogen) atoms. The summed E-state index contributed by atoms with van der Waals surface area (Å²) in [6, 6.07) is 5.20. The van der Waals surface area contributed by atoms with Crippen molar-refractivity contribution in [2.45, 2.75) is 36.9 Å². The van der Waals surface area contributed by atoms with Crippen molar-refractivity contribution in [1.82, 2.24) is 4.98 Å². The number of hydrogen-bond donors (Lipinski definition) is 2. The maximum atomic E-state index is 12.6. The largest absolute Gasteiger partial charge is 0.505 e. The molecule has 0 spiro atoms. The predicted molar refractivity (Wildman–Crippen MR) is 118 cm³/mol. The Hall–Kier alpha value is -2.29. The zero-order valence-electron chi connectivity index (χ0n) is 17.1. The van der Waals surface area contributed by atoms with Gasteiger partial charge in [0.1, 0.15) is 4.75 Å². The van der Waals surface area contributed by atoms with Crippen molar-refractivity contribution in [1.29, 1.82) is 0 Å². The van der Waals surface area contributed by atoms with Gasteiger partial charge in [-0.15, -0.1) is 0 Å². The highest BCUT2D eigenvalue weighted by Gasteiger charge is 2.55. The minimum absolute atomic E-state index is 0.00688. The number of hydrogen-bond acceptors (Lipinski definition) is 6. The fraction of sp³-hybridized carbons (Fsp3) is 0.409. The second kappa shape index (κ2) is 6.85. The van der Waals surface area contributed by atoms with Gasteiger partial charge in [0.15, 0.2) is 22.4 Å². The molecule has 1 heterocycles. The zero-order chi connectivity index (χ0) is 22.1. The molecule has 3 aromatic rings. The Morgan fingerprint density at radius 2 is 1.77 bits per heavy atom. The van der Waals surface area contributed by atoms with E-state index in [1.165, 1.54) is 14.2 Å². The van der Waals surface area contributed by atoms with Crippen LogP contribution in [0.25, 0.3) is 21.7 Å². The van der Waals surface area contributed by atoms with Crippen LogP contribution in [-0.4, -0.2) is 42.0 Å². The maximum absolute atomic E-state index is 12.6. The van der Waals surface area contributed by atoms with Gasteiger partial charge < -0.3 is 14.6 Å². The third-order valence-corrected chi connectivity index (χ3v) is 9.07. The van der Waals surface area contributed by atoms with E-state index in [-0.39, 0.29) is 23.2 Å². The van der Waals surface area contributed by atoms with Gasteiger partial charge in [0, 0.05) is 5.39 Å². The van der Waals surface area contributed by atoms with Crippen molar-refractivity contribution in [2.75, 3.05) is 14.2 Å². The van der Waals surface area contributed by atoms with Crippen LogP contribution in [-0.2, 0) is 23.0 Å². The molecule has 2 unspecified atom stereocenters. The molecule has 5 rings (SSSR count). The number of benzene rings is 2. The Labute approximate surface area is 184 Å². The minimum atomic E-state index is -4.27. The molecule has 1 fully saturated rings. The number of fused-ring (bicyclic) bond motifs is 7. The van der Waals surface area contributed by atoms with Crippen LogP contribution >= 0.6 is 11.6 Å². The molecule has 1 saturated carbocycles. The summed E-state index contributed by atoms with van der Waals surface area (Å²) < 4.78 is 45.1. The van der Waals surface area contributed by atoms with Crippen molar-refractivity contribution < 1.29 is 27.6 Å². The normalized spacial score (nSPS) is 23.0. The van der Waals surface area contributed by atoms with E-state index in [0.29, 0.717) is 35.2 Å². The van der Waals surface area contributed by atoms with Crippen LogP contribution in [0.4, 0.5) is 0 Å². The first-order chi connectivity index (χ1) is 14.7. The fourth-order valence-corrected chi connectivity index (χ4v) is 7.10. The van der Waals surface area contributed by atoms with E-state index in [4.69, 9.17) is 21.1 Å². The topological polar surface area (TPSA) is 106 Å². The molecule has 0 saturated heterocycles. The first-order valence-electron chi connectivity index (χ1n) is 10.1. The van der Waals surface area contributed by atoms with Crippen molar-refractivity contribution in [3.63, 3.8) is 0 Å². The van der Waals surface area contributed by atoms with Crippen LogP contribution < -0.4 is 9.47 Å². The standard InChI is InChI=1S/C22H22ClNO6S/c1-29-18-8-12-13(9-19(18)30-2)16-10-22(31(26,27)28)5-3-4-11(22)6-14(16)20-15(12)7-17(25)21(23)24-20/h7-9,11,25H,3-6,10H2,1-2H3,(H,26,27,28). The number of rotatable bonds is 3. The summed E-state index contributed by atoms with van der Waals surface area (Å²) in [5.74, 6) is 0.682. The number of halogens is 1. The molecule has 2 atom stereocenters. The minimum Gasteiger partial charge on any atom is -0.505 e. The lowest BCUT2D eigenvalue weighted by Gasteiger charge is -2.38. The summed E-state index contributed by atoms with van der Waals surface area (Å²) >= 11 is 6.16. The number of ether oxygens (including phenoxy) is 2. The lowest BCUT2D eigenvalue weighted by Crippen LogP contribution is -2.47. The van der Waals surface area contributed by atoms with Gasteiger partial charge in [-0.2, -0.15) is 8.42 Å². The smallest absolute Gasteiger partial charge is 0.271 e. The van der Waals surface area contributed by atoms with E-state index in [1.54, 1.807) is 12.1 Å². The fourth-order valence-electron chi connectivity index (χ4n) is 5.61. The molecule has 1 aromatic heterocycles. The molecule has 9 heteroatoms. The second-order valence-corrected chi connectivity index (χ2v) is 10.5. The molecule has 0 aliphatic heterocycles. The van der Waals surface area contributed by atoms with Crippen molar-refractivity contribution in [2.24, 2.45) is 5.92 Å². The number of aromatic hydroxyl groups is 1. The molecule has 0 radical (unpaired) electrons. The molecular weight excluding hydrogens is 442 g/mol. The van der Waals surface area contributed by atoms with Crippen LogP contribution in [0.2, 0.25) is 5.15 Å². The van der Waals surface area contributed by atoms with Crippen LogP contribution in [0.15, 0.2) is 18.2 Å². The Balaban J connectivity index is 1.93. The monoisotopic (exact) mass is 463 g/mol. The lowest BCUT2D eigenvalue weighted by atomic mass is 9.74. The van der Waals surface area contributed by atoms with E-state index >= 15 is 0 Å². The number of methoxy groups -OCH3 is 2. The highest BCUT2D eigenvalue weighted by Crippen LogP contribution is 2.52. The van der Waals surface area contributed by atoms with Gasteiger partial charge in [-0.05, 0) is 71.7 Å². The average molecular weight is 464 g/mol. The lowest BCUT2D eigenvalue weighted by molar-refractivity contribution is 0.340. The Bertz CT molecular complexity index is 1360. The Kier molecular flexibility index (Phi) is 4.55. The van der Waals surface area contributed by atoms with Crippen molar-refractivity contribution >= 4 is 43.4 Å². The van der Waals surface area contributed by atoms with Gasteiger partial charge >= 0.3 is 0 Å². The van der Waals surface area contributed by atoms with E-state index in [9.17, 15) is 18.1 Å². The number of pyridine rings is 1. The summed E-state index contributed by atoms with van der Waals surface area (Å²) in [5.41, 5.74) is 2.35. The van der Waals surface area contributed by atoms with Crippen molar-refractivity contribution in [3.05, 3.63) is 34.5 Å². The van der Waals surface area contributed by atoms with Crippen LogP contribution in [0, 0.1) is 5.92 Å². The molecule has 164 valence electrons. The second-order valence-electron chi connectivity index (χ2n) is 8.41. The molecule has 2 aromatic carbocycles. The van der Waals surface area contributed by atoms with Crippen LogP contribution in [0.3, 0.4) is 0 Å². The van der Waals surface area contributed by atoms with Gasteiger partial charge in [-0.25, -0.2) is 4.98 Å². The highest BCUT2D eigenvalue weighted by molar-refractivity contribution is 7.87. The zero-order valence-corrected chi connectivity index (χ0v) is 18.7. The first kappa shape index (κ1) is 20.6. The Morgan fingerprint density at radius 1 is 1.10 bits per heavy atom. The molecule has 2 aliphatic rings. The van der Waals surface area contributed by atoms with Gasteiger partial charge in [0.2, 0.25) is 0 Å².